The summed E-state index contributed by atoms with van der Waals surface area (Å²) in [6, 6.07) is 6.64. The summed E-state index contributed by atoms with van der Waals surface area (Å²) in [7, 11) is 0. The first-order valence-corrected chi connectivity index (χ1v) is 8.43. The van der Waals surface area contributed by atoms with Crippen molar-refractivity contribution in [3.05, 3.63) is 29.3 Å². The predicted octanol–water partition coefficient (Wildman–Crippen LogP) is 5.93. The van der Waals surface area contributed by atoms with E-state index in [1.807, 2.05) is 0 Å². The van der Waals surface area contributed by atoms with Gasteiger partial charge in [-0.3, -0.25) is 0 Å². The average Bonchev–Trinajstić information content (AvgIpc) is 2.45. The second-order valence-corrected chi connectivity index (χ2v) is 5.93. The average molecular weight is 276 g/mol. The van der Waals surface area contributed by atoms with Crippen molar-refractivity contribution >= 4 is 0 Å². The maximum absolute atomic E-state index is 5.98. The summed E-state index contributed by atoms with van der Waals surface area (Å²) >= 11 is 0. The molecule has 0 heterocycles. The van der Waals surface area contributed by atoms with Crippen molar-refractivity contribution in [2.24, 2.45) is 5.92 Å². The number of ether oxygens (including phenoxy) is 1. The summed E-state index contributed by atoms with van der Waals surface area (Å²) in [6.07, 6.45) is 8.74. The van der Waals surface area contributed by atoms with Gasteiger partial charge in [0.15, 0.2) is 0 Å². The maximum Gasteiger partial charge on any atom is 0.122 e. The van der Waals surface area contributed by atoms with E-state index in [0.717, 1.165) is 24.7 Å². The lowest BCUT2D eigenvalue weighted by Gasteiger charge is -2.18. The Morgan fingerprint density at radius 2 is 1.80 bits per heavy atom. The summed E-state index contributed by atoms with van der Waals surface area (Å²) in [5, 5.41) is 0. The minimum absolute atomic E-state index is 0.797. The van der Waals surface area contributed by atoms with E-state index < -0.39 is 0 Å². The molecule has 20 heavy (non-hydrogen) atoms. The fraction of sp³-hybridized carbons (Fsp3) is 0.684. The molecule has 0 saturated carbocycles. The number of rotatable bonds is 10. The van der Waals surface area contributed by atoms with Gasteiger partial charge in [-0.2, -0.15) is 0 Å². The maximum atomic E-state index is 5.98. The Morgan fingerprint density at radius 1 is 1.05 bits per heavy atom. The van der Waals surface area contributed by atoms with Gasteiger partial charge in [0, 0.05) is 0 Å². The quantitative estimate of drug-likeness (QED) is 0.481. The molecule has 0 fully saturated rings. The zero-order valence-electron chi connectivity index (χ0n) is 13.9. The van der Waals surface area contributed by atoms with Gasteiger partial charge in [0.25, 0.3) is 0 Å². The molecular weight excluding hydrogens is 244 g/mol. The first-order valence-electron chi connectivity index (χ1n) is 8.43. The van der Waals surface area contributed by atoms with Crippen LogP contribution in [0.25, 0.3) is 0 Å². The molecule has 0 aromatic heterocycles. The Balaban J connectivity index is 2.71. The molecule has 1 unspecified atom stereocenters. The Labute approximate surface area is 125 Å². The van der Waals surface area contributed by atoms with Gasteiger partial charge in [-0.15, -0.1) is 0 Å². The molecule has 1 rings (SSSR count). The van der Waals surface area contributed by atoms with Crippen LogP contribution in [0.5, 0.6) is 5.75 Å². The van der Waals surface area contributed by atoms with Crippen molar-refractivity contribution in [3.8, 4) is 5.75 Å². The molecule has 1 atom stereocenters. The van der Waals surface area contributed by atoms with Gasteiger partial charge in [0.2, 0.25) is 0 Å². The van der Waals surface area contributed by atoms with Crippen molar-refractivity contribution in [2.75, 3.05) is 6.61 Å². The molecule has 0 radical (unpaired) electrons. The summed E-state index contributed by atoms with van der Waals surface area (Å²) in [5.74, 6) is 1.91. The number of hydrogen-bond acceptors (Lipinski definition) is 1. The fourth-order valence-electron chi connectivity index (χ4n) is 2.59. The second kappa shape index (κ2) is 9.85. The molecule has 0 spiro atoms. The van der Waals surface area contributed by atoms with E-state index in [1.54, 1.807) is 0 Å². The van der Waals surface area contributed by atoms with Gasteiger partial charge in [-0.05, 0) is 37.3 Å². The predicted molar refractivity (Wildman–Crippen MR) is 88.6 cm³/mol. The van der Waals surface area contributed by atoms with Crippen molar-refractivity contribution in [1.29, 1.82) is 0 Å². The van der Waals surface area contributed by atoms with E-state index in [1.165, 1.54) is 49.7 Å². The van der Waals surface area contributed by atoms with Gasteiger partial charge in [-0.1, -0.05) is 70.6 Å². The molecular formula is C19H32O. The van der Waals surface area contributed by atoms with Crippen LogP contribution in [0.3, 0.4) is 0 Å². The Bertz CT molecular complexity index is 370. The van der Waals surface area contributed by atoms with E-state index in [0.29, 0.717) is 0 Å². The van der Waals surface area contributed by atoms with Crippen molar-refractivity contribution < 1.29 is 4.74 Å². The smallest absolute Gasteiger partial charge is 0.122 e. The first kappa shape index (κ1) is 17.1. The summed E-state index contributed by atoms with van der Waals surface area (Å²) < 4.78 is 5.98. The minimum atomic E-state index is 0.797. The van der Waals surface area contributed by atoms with E-state index >= 15 is 0 Å². The lowest BCUT2D eigenvalue weighted by Crippen LogP contribution is -2.07. The molecule has 1 nitrogen and oxygen atoms in total. The monoisotopic (exact) mass is 276 g/mol. The number of unbranched alkanes of at least 4 members (excludes halogenated alkanes) is 2. The minimum Gasteiger partial charge on any atom is -0.493 e. The molecule has 0 aliphatic heterocycles. The van der Waals surface area contributed by atoms with Crippen LogP contribution in [-0.4, -0.2) is 6.61 Å². The first-order chi connectivity index (χ1) is 9.71. The summed E-state index contributed by atoms with van der Waals surface area (Å²) in [4.78, 5) is 0. The number of aryl methyl sites for hydroxylation is 1. The third-order valence-corrected chi connectivity index (χ3v) is 4.02. The van der Waals surface area contributed by atoms with Crippen LogP contribution in [0, 0.1) is 12.8 Å². The third-order valence-electron chi connectivity index (χ3n) is 4.02. The van der Waals surface area contributed by atoms with Crippen LogP contribution in [0.15, 0.2) is 18.2 Å². The van der Waals surface area contributed by atoms with Crippen LogP contribution >= 0.6 is 0 Å². The van der Waals surface area contributed by atoms with Crippen molar-refractivity contribution in [3.63, 3.8) is 0 Å². The normalized spacial score (nSPS) is 12.4. The fourth-order valence-corrected chi connectivity index (χ4v) is 2.59. The highest BCUT2D eigenvalue weighted by Gasteiger charge is 2.11. The molecule has 114 valence electrons. The second-order valence-electron chi connectivity index (χ2n) is 5.93. The molecule has 0 bridgehead atoms. The van der Waals surface area contributed by atoms with Gasteiger partial charge in [0.1, 0.15) is 5.75 Å². The standard InChI is InChI=1S/C19H32O/c1-5-8-10-17(7-3)15-18-14-16(4)11-12-19(18)20-13-9-6-2/h11-12,14,17H,5-10,13,15H2,1-4H3. The Kier molecular flexibility index (Phi) is 8.41. The molecule has 1 aromatic rings. The number of benzene rings is 1. The highest BCUT2D eigenvalue weighted by atomic mass is 16.5. The summed E-state index contributed by atoms with van der Waals surface area (Å²) in [5.41, 5.74) is 2.75. The van der Waals surface area contributed by atoms with Crippen LogP contribution in [0.2, 0.25) is 0 Å². The van der Waals surface area contributed by atoms with Gasteiger partial charge in [-0.25, -0.2) is 0 Å². The molecule has 1 heteroatoms. The third kappa shape index (κ3) is 5.98. The SMILES string of the molecule is CCCCOc1ccc(C)cc1CC(CC)CCCC. The Morgan fingerprint density at radius 3 is 2.45 bits per heavy atom. The largest absolute Gasteiger partial charge is 0.493 e. The lowest BCUT2D eigenvalue weighted by atomic mass is 9.91. The molecule has 0 aliphatic carbocycles. The summed E-state index contributed by atoms with van der Waals surface area (Å²) in [6.45, 7) is 9.81. The van der Waals surface area contributed by atoms with E-state index in [2.05, 4.69) is 45.9 Å². The van der Waals surface area contributed by atoms with Crippen LogP contribution in [0.4, 0.5) is 0 Å². The van der Waals surface area contributed by atoms with Crippen LogP contribution < -0.4 is 4.74 Å². The zero-order valence-corrected chi connectivity index (χ0v) is 13.9. The van der Waals surface area contributed by atoms with Gasteiger partial charge >= 0.3 is 0 Å². The van der Waals surface area contributed by atoms with Gasteiger partial charge in [0.05, 0.1) is 6.61 Å². The highest BCUT2D eigenvalue weighted by molar-refractivity contribution is 5.37. The lowest BCUT2D eigenvalue weighted by molar-refractivity contribution is 0.303. The zero-order chi connectivity index (χ0) is 14.8. The topological polar surface area (TPSA) is 9.23 Å². The van der Waals surface area contributed by atoms with Crippen LogP contribution in [0.1, 0.15) is 70.4 Å². The van der Waals surface area contributed by atoms with E-state index in [-0.39, 0.29) is 0 Å². The van der Waals surface area contributed by atoms with E-state index in [4.69, 9.17) is 4.74 Å². The molecule has 0 saturated heterocycles. The molecule has 1 aromatic carbocycles. The highest BCUT2D eigenvalue weighted by Crippen LogP contribution is 2.26. The van der Waals surface area contributed by atoms with Crippen molar-refractivity contribution in [2.45, 2.75) is 72.6 Å². The molecule has 0 amide bonds. The van der Waals surface area contributed by atoms with Gasteiger partial charge < -0.3 is 4.74 Å². The van der Waals surface area contributed by atoms with E-state index in [9.17, 15) is 0 Å². The molecule has 0 N–H and O–H groups in total. The van der Waals surface area contributed by atoms with Crippen molar-refractivity contribution in [1.82, 2.24) is 0 Å². The molecule has 0 aliphatic rings. The Hall–Kier alpha value is -0.980. The van der Waals surface area contributed by atoms with Crippen LogP contribution in [-0.2, 0) is 6.42 Å². The number of hydrogen-bond donors (Lipinski definition) is 0.